The van der Waals surface area contributed by atoms with Crippen molar-refractivity contribution in [2.45, 2.75) is 12.5 Å². The van der Waals surface area contributed by atoms with E-state index in [0.29, 0.717) is 29.5 Å². The molecule has 1 aliphatic rings. The largest absolute Gasteiger partial charge is 0.493 e. The second kappa shape index (κ2) is 6.63. The maximum atomic E-state index is 12.9. The van der Waals surface area contributed by atoms with Crippen LogP contribution in [0.3, 0.4) is 0 Å². The third-order valence-electron chi connectivity index (χ3n) is 4.85. The van der Waals surface area contributed by atoms with Gasteiger partial charge in [0.25, 0.3) is 5.91 Å². The molecule has 27 heavy (non-hydrogen) atoms. The number of nitrogens with one attached hydrogen (secondary N) is 1. The minimum Gasteiger partial charge on any atom is -0.493 e. The first-order valence-electron chi connectivity index (χ1n) is 8.50. The molecule has 6 nitrogen and oxygen atoms in total. The van der Waals surface area contributed by atoms with E-state index in [0.717, 1.165) is 16.5 Å². The summed E-state index contributed by atoms with van der Waals surface area (Å²) in [4.78, 5) is 24.0. The Balaban J connectivity index is 1.63. The highest BCUT2D eigenvalue weighted by Gasteiger charge is 2.25. The van der Waals surface area contributed by atoms with Gasteiger partial charge in [0.1, 0.15) is 11.4 Å². The molecule has 0 radical (unpaired) electrons. The minimum atomic E-state index is -1.01. The number of rotatable bonds is 3. The van der Waals surface area contributed by atoms with Crippen molar-refractivity contribution in [1.82, 2.24) is 9.88 Å². The van der Waals surface area contributed by atoms with E-state index in [2.05, 4.69) is 5.32 Å². The van der Waals surface area contributed by atoms with E-state index in [1.807, 2.05) is 29.8 Å². The van der Waals surface area contributed by atoms with Crippen molar-refractivity contribution in [1.29, 1.82) is 0 Å². The quantitative estimate of drug-likeness (QED) is 0.720. The number of carbonyl (C=O) groups excluding carboxylic acids is 1. The smallest absolute Gasteiger partial charge is 0.335 e. The highest BCUT2D eigenvalue weighted by molar-refractivity contribution is 6.31. The molecule has 0 spiro atoms. The summed E-state index contributed by atoms with van der Waals surface area (Å²) in [5.41, 5.74) is 2.35. The molecule has 4 rings (SSSR count). The average molecular weight is 385 g/mol. The number of hydrogen-bond donors (Lipinski definition) is 2. The van der Waals surface area contributed by atoms with Gasteiger partial charge >= 0.3 is 5.97 Å². The molecule has 1 aromatic heterocycles. The van der Waals surface area contributed by atoms with Gasteiger partial charge in [-0.2, -0.15) is 0 Å². The van der Waals surface area contributed by atoms with E-state index >= 15 is 0 Å². The highest BCUT2D eigenvalue weighted by atomic mass is 35.5. The van der Waals surface area contributed by atoms with E-state index in [4.69, 9.17) is 21.4 Å². The first-order chi connectivity index (χ1) is 12.9. The monoisotopic (exact) mass is 384 g/mol. The number of aryl methyl sites for hydroxylation is 1. The lowest BCUT2D eigenvalue weighted by molar-refractivity contribution is 0.0695. The molecule has 0 saturated carbocycles. The van der Waals surface area contributed by atoms with E-state index in [1.54, 1.807) is 12.1 Å². The zero-order valence-electron chi connectivity index (χ0n) is 14.5. The fourth-order valence-corrected chi connectivity index (χ4v) is 3.59. The van der Waals surface area contributed by atoms with Crippen LogP contribution in [-0.4, -0.2) is 28.2 Å². The van der Waals surface area contributed by atoms with Gasteiger partial charge < -0.3 is 19.7 Å². The highest BCUT2D eigenvalue weighted by Crippen LogP contribution is 2.33. The van der Waals surface area contributed by atoms with Crippen molar-refractivity contribution in [3.05, 3.63) is 64.3 Å². The van der Waals surface area contributed by atoms with E-state index in [9.17, 15) is 9.59 Å². The maximum Gasteiger partial charge on any atom is 0.335 e. The lowest BCUT2D eigenvalue weighted by atomic mass is 9.98. The SMILES string of the molecule is Cn1c(C(=O)N[C@@H]2CCOc3cc(C(=O)O)ccc32)cc2ccc(Cl)cc21. The van der Waals surface area contributed by atoms with Crippen LogP contribution in [0.1, 0.15) is 38.9 Å². The predicted molar refractivity (Wildman–Crippen MR) is 102 cm³/mol. The third-order valence-corrected chi connectivity index (χ3v) is 5.08. The number of carboxylic acids is 1. The van der Waals surface area contributed by atoms with Gasteiger partial charge in [-0.25, -0.2) is 4.79 Å². The summed E-state index contributed by atoms with van der Waals surface area (Å²) in [6, 6.07) is 11.8. The number of carboxylic acid groups (broad SMARTS) is 1. The number of fused-ring (bicyclic) bond motifs is 2. The Kier molecular flexibility index (Phi) is 4.28. The van der Waals surface area contributed by atoms with E-state index in [-0.39, 0.29) is 17.5 Å². The normalized spacial score (nSPS) is 15.9. The van der Waals surface area contributed by atoms with Crippen LogP contribution in [-0.2, 0) is 7.05 Å². The van der Waals surface area contributed by atoms with Crippen LogP contribution in [0.4, 0.5) is 0 Å². The topological polar surface area (TPSA) is 80.6 Å². The Hall–Kier alpha value is -2.99. The molecule has 2 N–H and O–H groups in total. The number of aromatic carboxylic acids is 1. The van der Waals surface area contributed by atoms with Gasteiger partial charge in [-0.05, 0) is 30.3 Å². The van der Waals surface area contributed by atoms with Crippen LogP contribution < -0.4 is 10.1 Å². The minimum absolute atomic E-state index is 0.159. The number of nitrogens with zero attached hydrogens (tertiary/aromatic N) is 1. The lowest BCUT2D eigenvalue weighted by Gasteiger charge is -2.27. The van der Waals surface area contributed by atoms with Crippen LogP contribution in [0.5, 0.6) is 5.75 Å². The van der Waals surface area contributed by atoms with Gasteiger partial charge in [-0.15, -0.1) is 0 Å². The molecule has 0 unspecified atom stereocenters. The molecular weight excluding hydrogens is 368 g/mol. The van der Waals surface area contributed by atoms with Gasteiger partial charge in [0.15, 0.2) is 0 Å². The fraction of sp³-hybridized carbons (Fsp3) is 0.200. The summed E-state index contributed by atoms with van der Waals surface area (Å²) in [6.45, 7) is 0.408. The standard InChI is InChI=1S/C20H17ClN2O4/c1-23-16-10-13(21)4-2-11(16)8-17(23)19(24)22-15-6-7-27-18-9-12(20(25)26)3-5-14(15)18/h2-5,8-10,15H,6-7H2,1H3,(H,22,24)(H,25,26)/t15-/m1/s1. The molecule has 7 heteroatoms. The van der Waals surface area contributed by atoms with E-state index < -0.39 is 5.97 Å². The van der Waals surface area contributed by atoms with Crippen molar-refractivity contribution in [3.8, 4) is 5.75 Å². The molecule has 1 amide bonds. The number of aromatic nitrogens is 1. The van der Waals surface area contributed by atoms with Crippen LogP contribution in [0, 0.1) is 0 Å². The number of halogens is 1. The molecular formula is C20H17ClN2O4. The summed E-state index contributed by atoms with van der Waals surface area (Å²) in [7, 11) is 1.82. The molecule has 0 bridgehead atoms. The van der Waals surface area contributed by atoms with Crippen LogP contribution >= 0.6 is 11.6 Å². The molecule has 0 saturated heterocycles. The van der Waals surface area contributed by atoms with Crippen molar-refractivity contribution < 1.29 is 19.4 Å². The first kappa shape index (κ1) is 17.4. The Bertz CT molecular complexity index is 1070. The number of ether oxygens (including phenoxy) is 1. The molecule has 1 aliphatic heterocycles. The van der Waals surface area contributed by atoms with Crippen molar-refractivity contribution in [2.24, 2.45) is 7.05 Å². The molecule has 1 atom stereocenters. The van der Waals surface area contributed by atoms with Gasteiger partial charge in [-0.3, -0.25) is 4.79 Å². The summed E-state index contributed by atoms with van der Waals surface area (Å²) < 4.78 is 7.39. The van der Waals surface area contributed by atoms with Crippen molar-refractivity contribution in [2.75, 3.05) is 6.61 Å². The predicted octanol–water partition coefficient (Wildman–Crippen LogP) is 3.78. The first-order valence-corrected chi connectivity index (χ1v) is 8.88. The number of hydrogen-bond acceptors (Lipinski definition) is 3. The molecule has 0 aliphatic carbocycles. The Morgan fingerprint density at radius 1 is 1.22 bits per heavy atom. The zero-order chi connectivity index (χ0) is 19.1. The van der Waals surface area contributed by atoms with Crippen LogP contribution in [0.2, 0.25) is 5.02 Å². The number of carbonyl (C=O) groups is 2. The van der Waals surface area contributed by atoms with Gasteiger partial charge in [0.05, 0.1) is 18.2 Å². The van der Waals surface area contributed by atoms with Crippen molar-refractivity contribution in [3.63, 3.8) is 0 Å². The Morgan fingerprint density at radius 2 is 2.04 bits per heavy atom. The van der Waals surface area contributed by atoms with Crippen LogP contribution in [0.25, 0.3) is 10.9 Å². The van der Waals surface area contributed by atoms with Gasteiger partial charge in [0, 0.05) is 35.0 Å². The summed E-state index contributed by atoms with van der Waals surface area (Å²) in [6.07, 6.45) is 0.612. The van der Waals surface area contributed by atoms with E-state index in [1.165, 1.54) is 12.1 Å². The summed E-state index contributed by atoms with van der Waals surface area (Å²) >= 11 is 6.06. The average Bonchev–Trinajstić information content (AvgIpc) is 2.98. The lowest BCUT2D eigenvalue weighted by Crippen LogP contribution is -2.33. The summed E-state index contributed by atoms with van der Waals surface area (Å²) in [5.74, 6) is -0.720. The van der Waals surface area contributed by atoms with Gasteiger partial charge in [-0.1, -0.05) is 23.7 Å². The zero-order valence-corrected chi connectivity index (χ0v) is 15.3. The second-order valence-corrected chi connectivity index (χ2v) is 6.95. The number of amides is 1. The van der Waals surface area contributed by atoms with Crippen molar-refractivity contribution >= 4 is 34.4 Å². The second-order valence-electron chi connectivity index (χ2n) is 6.51. The third kappa shape index (κ3) is 3.13. The number of benzene rings is 2. The molecule has 3 aromatic rings. The Morgan fingerprint density at radius 3 is 2.81 bits per heavy atom. The Labute approximate surface area is 160 Å². The molecule has 2 aromatic carbocycles. The molecule has 0 fully saturated rings. The molecule has 138 valence electrons. The summed E-state index contributed by atoms with van der Waals surface area (Å²) in [5, 5.41) is 13.7. The fourth-order valence-electron chi connectivity index (χ4n) is 3.43. The van der Waals surface area contributed by atoms with Gasteiger partial charge in [0.2, 0.25) is 0 Å². The van der Waals surface area contributed by atoms with Crippen LogP contribution in [0.15, 0.2) is 42.5 Å². The molecule has 2 heterocycles. The maximum absolute atomic E-state index is 12.9.